The van der Waals surface area contributed by atoms with E-state index >= 15 is 0 Å². The zero-order valence-electron chi connectivity index (χ0n) is 13.7. The van der Waals surface area contributed by atoms with Crippen LogP contribution in [0.1, 0.15) is 16.7 Å². The molecule has 1 aromatic heterocycles. The van der Waals surface area contributed by atoms with Gasteiger partial charge >= 0.3 is 6.01 Å². The van der Waals surface area contributed by atoms with Gasteiger partial charge in [-0.1, -0.05) is 48.0 Å². The molecule has 0 radical (unpaired) electrons. The van der Waals surface area contributed by atoms with E-state index in [0.717, 1.165) is 17.3 Å². The summed E-state index contributed by atoms with van der Waals surface area (Å²) in [7, 11) is 0. The van der Waals surface area contributed by atoms with Gasteiger partial charge in [-0.3, -0.25) is 0 Å². The van der Waals surface area contributed by atoms with Crippen molar-refractivity contribution in [3.63, 3.8) is 0 Å². The first-order valence-electron chi connectivity index (χ1n) is 7.80. The Morgan fingerprint density at radius 2 is 1.76 bits per heavy atom. The number of benzene rings is 2. The van der Waals surface area contributed by atoms with Crippen molar-refractivity contribution in [1.29, 1.82) is 0 Å². The van der Waals surface area contributed by atoms with Gasteiger partial charge in [0.1, 0.15) is 12.4 Å². The maximum absolute atomic E-state index is 13.8. The zero-order chi connectivity index (χ0) is 17.6. The SMILES string of the molecule is Cc1ccc(COc2ncc(F)c(NCc3ccccc3F)n2)cc1. The molecule has 3 rings (SSSR count). The predicted octanol–water partition coefficient (Wildman–Crippen LogP) is 4.25. The minimum atomic E-state index is -0.626. The third-order valence-electron chi connectivity index (χ3n) is 3.61. The van der Waals surface area contributed by atoms with Crippen LogP contribution in [0.15, 0.2) is 54.7 Å². The highest BCUT2D eigenvalue weighted by Crippen LogP contribution is 2.16. The second kappa shape index (κ2) is 7.70. The monoisotopic (exact) mass is 341 g/mol. The van der Waals surface area contributed by atoms with Gasteiger partial charge in [0.15, 0.2) is 11.6 Å². The van der Waals surface area contributed by atoms with Crippen LogP contribution in [0.25, 0.3) is 0 Å². The molecular weight excluding hydrogens is 324 g/mol. The van der Waals surface area contributed by atoms with Crippen molar-refractivity contribution in [3.8, 4) is 6.01 Å². The lowest BCUT2D eigenvalue weighted by atomic mass is 10.2. The van der Waals surface area contributed by atoms with Crippen molar-refractivity contribution in [2.24, 2.45) is 0 Å². The van der Waals surface area contributed by atoms with Crippen molar-refractivity contribution in [2.45, 2.75) is 20.1 Å². The summed E-state index contributed by atoms with van der Waals surface area (Å²) in [5.74, 6) is -1.02. The van der Waals surface area contributed by atoms with E-state index in [-0.39, 0.29) is 30.8 Å². The highest BCUT2D eigenvalue weighted by Gasteiger charge is 2.09. The molecule has 0 amide bonds. The topological polar surface area (TPSA) is 47.0 Å². The molecule has 128 valence electrons. The third-order valence-corrected chi connectivity index (χ3v) is 3.61. The molecule has 0 aliphatic carbocycles. The van der Waals surface area contributed by atoms with Gasteiger partial charge in [0.2, 0.25) is 0 Å². The summed E-state index contributed by atoms with van der Waals surface area (Å²) >= 11 is 0. The standard InChI is InChI=1S/C19H17F2N3O/c1-13-6-8-14(9-7-13)12-25-19-23-11-17(21)18(24-19)22-10-15-4-2-3-5-16(15)20/h2-9,11H,10,12H2,1H3,(H,22,23,24). The van der Waals surface area contributed by atoms with Crippen molar-refractivity contribution in [2.75, 3.05) is 5.32 Å². The Balaban J connectivity index is 1.65. The van der Waals surface area contributed by atoms with E-state index in [1.165, 1.54) is 6.07 Å². The van der Waals surface area contributed by atoms with Gasteiger partial charge < -0.3 is 10.1 Å². The minimum absolute atomic E-state index is 0.0304. The molecule has 25 heavy (non-hydrogen) atoms. The number of anilines is 1. The number of nitrogens with zero attached hydrogens (tertiary/aromatic N) is 2. The molecule has 0 bridgehead atoms. The Kier molecular flexibility index (Phi) is 5.18. The van der Waals surface area contributed by atoms with Gasteiger partial charge in [0.25, 0.3) is 0 Å². The van der Waals surface area contributed by atoms with Crippen LogP contribution in [-0.4, -0.2) is 9.97 Å². The second-order valence-corrected chi connectivity index (χ2v) is 5.57. The van der Waals surface area contributed by atoms with Crippen LogP contribution in [0.4, 0.5) is 14.6 Å². The number of hydrogen-bond acceptors (Lipinski definition) is 4. The first kappa shape index (κ1) is 16.8. The molecule has 2 aromatic carbocycles. The molecule has 6 heteroatoms. The highest BCUT2D eigenvalue weighted by atomic mass is 19.1. The van der Waals surface area contributed by atoms with E-state index < -0.39 is 5.82 Å². The van der Waals surface area contributed by atoms with E-state index in [1.807, 2.05) is 31.2 Å². The van der Waals surface area contributed by atoms with Gasteiger partial charge in [0, 0.05) is 12.1 Å². The number of nitrogens with one attached hydrogen (secondary N) is 1. The lowest BCUT2D eigenvalue weighted by Gasteiger charge is -2.09. The van der Waals surface area contributed by atoms with Gasteiger partial charge in [-0.25, -0.2) is 13.8 Å². The molecule has 0 atom stereocenters. The summed E-state index contributed by atoms with van der Waals surface area (Å²) in [6, 6.07) is 14.2. The Labute approximate surface area is 144 Å². The summed E-state index contributed by atoms with van der Waals surface area (Å²) < 4.78 is 33.0. The summed E-state index contributed by atoms with van der Waals surface area (Å²) in [4.78, 5) is 7.83. The second-order valence-electron chi connectivity index (χ2n) is 5.57. The first-order chi connectivity index (χ1) is 12.1. The Morgan fingerprint density at radius 1 is 1.00 bits per heavy atom. The van der Waals surface area contributed by atoms with E-state index in [2.05, 4.69) is 15.3 Å². The molecule has 0 saturated carbocycles. The fraction of sp³-hybridized carbons (Fsp3) is 0.158. The van der Waals surface area contributed by atoms with Gasteiger partial charge in [0.05, 0.1) is 6.20 Å². The molecule has 0 unspecified atom stereocenters. The molecule has 0 spiro atoms. The zero-order valence-corrected chi connectivity index (χ0v) is 13.7. The highest BCUT2D eigenvalue weighted by molar-refractivity contribution is 5.37. The quantitative estimate of drug-likeness (QED) is 0.728. The maximum atomic E-state index is 13.8. The number of hydrogen-bond donors (Lipinski definition) is 1. The average Bonchev–Trinajstić information content (AvgIpc) is 2.62. The molecule has 1 heterocycles. The van der Waals surface area contributed by atoms with Crippen LogP contribution >= 0.6 is 0 Å². The molecule has 1 N–H and O–H groups in total. The van der Waals surface area contributed by atoms with E-state index in [4.69, 9.17) is 4.74 Å². The van der Waals surface area contributed by atoms with Gasteiger partial charge in [-0.05, 0) is 18.6 Å². The lowest BCUT2D eigenvalue weighted by molar-refractivity contribution is 0.280. The minimum Gasteiger partial charge on any atom is -0.459 e. The summed E-state index contributed by atoms with van der Waals surface area (Å²) in [5, 5.41) is 2.77. The number of ether oxygens (including phenoxy) is 1. The number of aryl methyl sites for hydroxylation is 1. The lowest BCUT2D eigenvalue weighted by Crippen LogP contribution is -2.08. The number of halogens is 2. The van der Waals surface area contributed by atoms with Crippen LogP contribution in [0.2, 0.25) is 0 Å². The normalized spacial score (nSPS) is 10.5. The fourth-order valence-corrected chi connectivity index (χ4v) is 2.20. The molecular formula is C19H17F2N3O. The van der Waals surface area contributed by atoms with Crippen molar-refractivity contribution in [1.82, 2.24) is 9.97 Å². The Bertz CT molecular complexity index is 854. The maximum Gasteiger partial charge on any atom is 0.318 e. The van der Waals surface area contributed by atoms with Crippen molar-refractivity contribution < 1.29 is 13.5 Å². The van der Waals surface area contributed by atoms with Crippen LogP contribution in [-0.2, 0) is 13.2 Å². The summed E-state index contributed by atoms with van der Waals surface area (Å²) in [5.41, 5.74) is 2.53. The van der Waals surface area contributed by atoms with Gasteiger partial charge in [-0.15, -0.1) is 0 Å². The molecule has 0 aliphatic rings. The van der Waals surface area contributed by atoms with Crippen molar-refractivity contribution >= 4 is 5.82 Å². The first-order valence-corrected chi connectivity index (χ1v) is 7.80. The van der Waals surface area contributed by atoms with Crippen LogP contribution < -0.4 is 10.1 Å². The van der Waals surface area contributed by atoms with Crippen LogP contribution in [0.3, 0.4) is 0 Å². The van der Waals surface area contributed by atoms with Crippen LogP contribution in [0, 0.1) is 18.6 Å². The van der Waals surface area contributed by atoms with E-state index in [0.29, 0.717) is 5.56 Å². The third kappa shape index (κ3) is 4.50. The van der Waals surface area contributed by atoms with E-state index in [9.17, 15) is 8.78 Å². The summed E-state index contributed by atoms with van der Waals surface area (Å²) in [6.07, 6.45) is 1.03. The average molecular weight is 341 g/mol. The van der Waals surface area contributed by atoms with Crippen molar-refractivity contribution in [3.05, 3.63) is 83.1 Å². The molecule has 0 fully saturated rings. The molecule has 4 nitrogen and oxygen atoms in total. The molecule has 0 aliphatic heterocycles. The van der Waals surface area contributed by atoms with Gasteiger partial charge in [-0.2, -0.15) is 4.98 Å². The Hall–Kier alpha value is -3.02. The predicted molar refractivity (Wildman–Crippen MR) is 91.2 cm³/mol. The van der Waals surface area contributed by atoms with E-state index in [1.54, 1.807) is 18.2 Å². The number of rotatable bonds is 6. The summed E-state index contributed by atoms with van der Waals surface area (Å²) in [6.45, 7) is 2.39. The molecule has 0 saturated heterocycles. The Morgan fingerprint density at radius 3 is 2.52 bits per heavy atom. The van der Waals surface area contributed by atoms with Crippen LogP contribution in [0.5, 0.6) is 6.01 Å². The smallest absolute Gasteiger partial charge is 0.318 e. The largest absolute Gasteiger partial charge is 0.459 e. The molecule has 3 aromatic rings. The number of aromatic nitrogens is 2. The fourth-order valence-electron chi connectivity index (χ4n) is 2.20.